The molecule has 0 saturated heterocycles. The second-order valence-corrected chi connectivity index (χ2v) is 8.91. The van der Waals surface area contributed by atoms with Crippen LogP contribution in [0.1, 0.15) is 33.1 Å². The predicted octanol–water partition coefficient (Wildman–Crippen LogP) is 5.62. The van der Waals surface area contributed by atoms with Crippen molar-refractivity contribution in [2.45, 2.75) is 6.04 Å². The van der Waals surface area contributed by atoms with E-state index in [1.54, 1.807) is 18.5 Å². The van der Waals surface area contributed by atoms with Crippen LogP contribution in [-0.2, 0) is 0 Å². The van der Waals surface area contributed by atoms with Gasteiger partial charge in [-0.3, -0.25) is 4.79 Å². The molecule has 3 heterocycles. The number of hydrogen-bond acceptors (Lipinski definition) is 4. The number of rotatable bonds is 3. The zero-order chi connectivity index (χ0) is 25.1. The van der Waals surface area contributed by atoms with Crippen molar-refractivity contribution in [2.24, 2.45) is 0 Å². The highest BCUT2D eigenvalue weighted by Crippen LogP contribution is 2.47. The summed E-state index contributed by atoms with van der Waals surface area (Å²) in [6, 6.07) is 21.6. The van der Waals surface area contributed by atoms with Gasteiger partial charge in [0.1, 0.15) is 23.4 Å². The zero-order valence-electron chi connectivity index (χ0n) is 19.2. The predicted molar refractivity (Wildman–Crippen MR) is 137 cm³/mol. The molecule has 3 aromatic heterocycles. The minimum absolute atomic E-state index is 0.0513. The SMILES string of the molecule is N#Cc1cc2nc(-c3cccc4c3-c3ccccc3C4NC(=O)c3ccnc4[nH]ccc34)[nH]c2cc1F. The lowest BCUT2D eigenvalue weighted by Gasteiger charge is -2.16. The number of nitrogens with zero attached hydrogens (tertiary/aromatic N) is 3. The van der Waals surface area contributed by atoms with Gasteiger partial charge in [-0.05, 0) is 40.5 Å². The van der Waals surface area contributed by atoms with Crippen LogP contribution < -0.4 is 5.32 Å². The Morgan fingerprint density at radius 1 is 1.03 bits per heavy atom. The Labute approximate surface area is 209 Å². The van der Waals surface area contributed by atoms with Gasteiger partial charge in [0.05, 0.1) is 28.2 Å². The number of fused-ring (bicyclic) bond motifs is 5. The number of aromatic amines is 2. The van der Waals surface area contributed by atoms with Gasteiger partial charge >= 0.3 is 0 Å². The molecule has 6 aromatic rings. The molecule has 1 amide bonds. The van der Waals surface area contributed by atoms with Crippen molar-refractivity contribution in [1.29, 1.82) is 5.26 Å². The van der Waals surface area contributed by atoms with Crippen LogP contribution in [0.4, 0.5) is 4.39 Å². The summed E-state index contributed by atoms with van der Waals surface area (Å²) in [5, 5.41) is 13.2. The highest BCUT2D eigenvalue weighted by Gasteiger charge is 2.32. The number of hydrogen-bond donors (Lipinski definition) is 3. The maximum absolute atomic E-state index is 14.2. The Morgan fingerprint density at radius 2 is 1.86 bits per heavy atom. The van der Waals surface area contributed by atoms with E-state index in [9.17, 15) is 14.4 Å². The Morgan fingerprint density at radius 3 is 2.76 bits per heavy atom. The van der Waals surface area contributed by atoms with Crippen LogP contribution in [0, 0.1) is 17.1 Å². The quantitative estimate of drug-likeness (QED) is 0.303. The molecule has 0 spiro atoms. The topological polar surface area (TPSA) is 110 Å². The van der Waals surface area contributed by atoms with E-state index in [-0.39, 0.29) is 17.5 Å². The Balaban J connectivity index is 1.36. The summed E-state index contributed by atoms with van der Waals surface area (Å²) in [6.45, 7) is 0. The summed E-state index contributed by atoms with van der Waals surface area (Å²) < 4.78 is 14.2. The number of nitrogens with one attached hydrogen (secondary N) is 3. The molecule has 0 aliphatic heterocycles. The summed E-state index contributed by atoms with van der Waals surface area (Å²) in [6.07, 6.45) is 3.38. The van der Waals surface area contributed by atoms with Gasteiger partial charge in [-0.25, -0.2) is 14.4 Å². The first-order valence-corrected chi connectivity index (χ1v) is 11.7. The monoisotopic (exact) mass is 484 g/mol. The van der Waals surface area contributed by atoms with Crippen LogP contribution in [0.3, 0.4) is 0 Å². The Bertz CT molecular complexity index is 1930. The van der Waals surface area contributed by atoms with E-state index in [4.69, 9.17) is 0 Å². The van der Waals surface area contributed by atoms with Crippen molar-refractivity contribution in [3.8, 4) is 28.6 Å². The molecule has 0 saturated carbocycles. The molecule has 1 aliphatic carbocycles. The van der Waals surface area contributed by atoms with Gasteiger partial charge in [0.15, 0.2) is 0 Å². The number of halogens is 1. The highest BCUT2D eigenvalue weighted by molar-refractivity contribution is 6.06. The molecule has 1 aliphatic rings. The number of pyridine rings is 1. The molecule has 0 fully saturated rings. The van der Waals surface area contributed by atoms with E-state index in [1.165, 1.54) is 12.1 Å². The maximum atomic E-state index is 14.2. The molecule has 7 rings (SSSR count). The molecule has 3 aromatic carbocycles. The van der Waals surface area contributed by atoms with E-state index in [1.807, 2.05) is 54.6 Å². The molecule has 0 bridgehead atoms. The van der Waals surface area contributed by atoms with Gasteiger partial charge in [0, 0.05) is 29.4 Å². The Kier molecular flexibility index (Phi) is 4.47. The molecule has 3 N–H and O–H groups in total. The molecule has 1 atom stereocenters. The van der Waals surface area contributed by atoms with Crippen LogP contribution in [0.15, 0.2) is 79.1 Å². The fraction of sp³-hybridized carbons (Fsp3) is 0.0345. The third kappa shape index (κ3) is 3.15. The number of H-pyrrole nitrogens is 2. The number of benzene rings is 3. The number of imidazole rings is 1. The normalized spacial score (nSPS) is 13.9. The number of carbonyl (C=O) groups is 1. The van der Waals surface area contributed by atoms with Gasteiger partial charge in [-0.15, -0.1) is 0 Å². The summed E-state index contributed by atoms with van der Waals surface area (Å²) in [5.74, 6) is -0.233. The van der Waals surface area contributed by atoms with Gasteiger partial charge in [-0.2, -0.15) is 5.26 Å². The van der Waals surface area contributed by atoms with Crippen LogP contribution in [0.5, 0.6) is 0 Å². The lowest BCUT2D eigenvalue weighted by molar-refractivity contribution is 0.0945. The molecule has 7 nitrogen and oxygen atoms in total. The molecule has 37 heavy (non-hydrogen) atoms. The molecule has 0 radical (unpaired) electrons. The van der Waals surface area contributed by atoms with E-state index < -0.39 is 5.82 Å². The lowest BCUT2D eigenvalue weighted by atomic mass is 9.98. The summed E-state index contributed by atoms with van der Waals surface area (Å²) >= 11 is 0. The fourth-order valence-corrected chi connectivity index (χ4v) is 5.22. The minimum Gasteiger partial charge on any atom is -0.346 e. The molecular formula is C29H17FN6O. The van der Waals surface area contributed by atoms with E-state index in [0.717, 1.165) is 33.2 Å². The summed E-state index contributed by atoms with van der Waals surface area (Å²) in [4.78, 5) is 28.7. The van der Waals surface area contributed by atoms with E-state index >= 15 is 0 Å². The molecular weight excluding hydrogens is 467 g/mol. The smallest absolute Gasteiger partial charge is 0.252 e. The van der Waals surface area contributed by atoms with Crippen LogP contribution >= 0.6 is 0 Å². The van der Waals surface area contributed by atoms with Gasteiger partial charge in [0.25, 0.3) is 5.91 Å². The van der Waals surface area contributed by atoms with Crippen LogP contribution in [-0.4, -0.2) is 25.8 Å². The molecule has 176 valence electrons. The second kappa shape index (κ2) is 7.86. The first-order valence-electron chi connectivity index (χ1n) is 11.7. The van der Waals surface area contributed by atoms with Crippen LogP contribution in [0.25, 0.3) is 44.6 Å². The highest BCUT2D eigenvalue weighted by atomic mass is 19.1. The summed E-state index contributed by atoms with van der Waals surface area (Å²) in [5.41, 5.74) is 6.85. The zero-order valence-corrected chi connectivity index (χ0v) is 19.2. The van der Waals surface area contributed by atoms with E-state index in [0.29, 0.717) is 28.1 Å². The molecule has 1 unspecified atom stereocenters. The number of nitriles is 1. The number of aromatic nitrogens is 4. The first-order chi connectivity index (χ1) is 18.1. The number of amides is 1. The van der Waals surface area contributed by atoms with Crippen molar-refractivity contribution < 1.29 is 9.18 Å². The maximum Gasteiger partial charge on any atom is 0.252 e. The molecule has 8 heteroatoms. The third-order valence-electron chi connectivity index (χ3n) is 6.88. The second-order valence-electron chi connectivity index (χ2n) is 8.91. The standard InChI is InChI=1S/C29H17FN6O/c30-22-13-24-23(12-15(22)14-31)34-28(35-24)21-7-3-6-20-25(21)16-4-1-2-5-17(16)26(20)36-29(37)19-9-11-33-27-18(19)8-10-32-27/h1-13,26H,(H,32,33)(H,34,35)(H,36,37). The average molecular weight is 484 g/mol. The van der Waals surface area contributed by atoms with Gasteiger partial charge < -0.3 is 15.3 Å². The Hall–Kier alpha value is -5.29. The average Bonchev–Trinajstić information content (AvgIpc) is 3.64. The largest absolute Gasteiger partial charge is 0.346 e. The van der Waals surface area contributed by atoms with E-state index in [2.05, 4.69) is 25.3 Å². The van der Waals surface area contributed by atoms with Gasteiger partial charge in [-0.1, -0.05) is 42.5 Å². The summed E-state index contributed by atoms with van der Waals surface area (Å²) in [7, 11) is 0. The van der Waals surface area contributed by atoms with Crippen molar-refractivity contribution in [3.05, 3.63) is 107 Å². The fourth-order valence-electron chi connectivity index (χ4n) is 5.22. The van der Waals surface area contributed by atoms with Crippen molar-refractivity contribution in [2.75, 3.05) is 0 Å². The van der Waals surface area contributed by atoms with Gasteiger partial charge in [0.2, 0.25) is 0 Å². The van der Waals surface area contributed by atoms with Crippen molar-refractivity contribution >= 4 is 28.0 Å². The number of carbonyl (C=O) groups excluding carboxylic acids is 1. The lowest BCUT2D eigenvalue weighted by Crippen LogP contribution is -2.28. The van der Waals surface area contributed by atoms with Crippen molar-refractivity contribution in [3.63, 3.8) is 0 Å². The van der Waals surface area contributed by atoms with Crippen LogP contribution in [0.2, 0.25) is 0 Å². The van der Waals surface area contributed by atoms with Crippen molar-refractivity contribution in [1.82, 2.24) is 25.3 Å². The first kappa shape index (κ1) is 21.0. The third-order valence-corrected chi connectivity index (χ3v) is 6.88. The minimum atomic E-state index is -0.593.